The highest BCUT2D eigenvalue weighted by atomic mass is 16.5. The number of ether oxygens (including phenoxy) is 1. The van der Waals surface area contributed by atoms with Crippen molar-refractivity contribution in [2.75, 3.05) is 26.5 Å². The molecule has 20 heavy (non-hydrogen) atoms. The van der Waals surface area contributed by atoms with Crippen molar-refractivity contribution in [2.24, 2.45) is 5.73 Å². The fourth-order valence-electron chi connectivity index (χ4n) is 1.98. The Balaban J connectivity index is 2.88. The zero-order valence-corrected chi connectivity index (χ0v) is 12.8. The Morgan fingerprint density at radius 3 is 2.70 bits per heavy atom. The molecular formula is C15H25N3O2. The number of rotatable bonds is 7. The lowest BCUT2D eigenvalue weighted by Crippen LogP contribution is -2.35. The third-order valence-electron chi connectivity index (χ3n) is 2.96. The molecule has 0 aromatic heterocycles. The molecule has 0 aliphatic rings. The maximum absolute atomic E-state index is 12.0. The highest BCUT2D eigenvalue weighted by molar-refractivity contribution is 5.96. The van der Waals surface area contributed by atoms with Crippen LogP contribution in [0.5, 0.6) is 5.75 Å². The van der Waals surface area contributed by atoms with Gasteiger partial charge in [0.2, 0.25) is 5.91 Å². The summed E-state index contributed by atoms with van der Waals surface area (Å²) in [5.41, 5.74) is 7.60. The van der Waals surface area contributed by atoms with Gasteiger partial charge in [0.25, 0.3) is 0 Å². The van der Waals surface area contributed by atoms with Crippen LogP contribution in [0.15, 0.2) is 18.2 Å². The Morgan fingerprint density at radius 1 is 1.45 bits per heavy atom. The summed E-state index contributed by atoms with van der Waals surface area (Å²) in [6.07, 6.45) is 1.55. The van der Waals surface area contributed by atoms with Gasteiger partial charge in [-0.2, -0.15) is 0 Å². The van der Waals surface area contributed by atoms with Crippen LogP contribution in [0.25, 0.3) is 0 Å². The zero-order valence-electron chi connectivity index (χ0n) is 12.8. The van der Waals surface area contributed by atoms with Crippen molar-refractivity contribution in [1.82, 2.24) is 4.90 Å². The summed E-state index contributed by atoms with van der Waals surface area (Å²) in [5, 5.41) is 2.85. The highest BCUT2D eigenvalue weighted by Gasteiger charge is 2.15. The second kappa shape index (κ2) is 7.87. The van der Waals surface area contributed by atoms with Gasteiger partial charge >= 0.3 is 0 Å². The number of anilines is 1. The Morgan fingerprint density at radius 2 is 2.15 bits per heavy atom. The van der Waals surface area contributed by atoms with E-state index in [9.17, 15) is 4.79 Å². The molecule has 112 valence electrons. The molecule has 0 saturated heterocycles. The molecule has 0 radical (unpaired) electrons. The minimum atomic E-state index is -0.484. The lowest BCUT2D eigenvalue weighted by atomic mass is 10.1. The molecule has 3 N–H and O–H groups in total. The van der Waals surface area contributed by atoms with Crippen molar-refractivity contribution >= 4 is 11.6 Å². The Hall–Kier alpha value is -1.59. The average molecular weight is 279 g/mol. The Labute approximate surface area is 121 Å². The summed E-state index contributed by atoms with van der Waals surface area (Å²) < 4.78 is 5.28. The second-order valence-electron chi connectivity index (χ2n) is 5.16. The summed E-state index contributed by atoms with van der Waals surface area (Å²) in [4.78, 5) is 14.1. The van der Waals surface area contributed by atoms with Crippen LogP contribution in [-0.2, 0) is 11.3 Å². The van der Waals surface area contributed by atoms with Crippen molar-refractivity contribution in [3.63, 3.8) is 0 Å². The summed E-state index contributed by atoms with van der Waals surface area (Å²) in [7, 11) is 5.59. The largest absolute Gasteiger partial charge is 0.495 e. The third kappa shape index (κ3) is 4.83. The van der Waals surface area contributed by atoms with Gasteiger partial charge in [0.15, 0.2) is 0 Å². The number of carbonyl (C=O) groups excluding carboxylic acids is 1. The molecule has 0 aliphatic carbocycles. The van der Waals surface area contributed by atoms with E-state index >= 15 is 0 Å². The Kier molecular flexibility index (Phi) is 6.48. The monoisotopic (exact) mass is 279 g/mol. The van der Waals surface area contributed by atoms with E-state index in [4.69, 9.17) is 10.5 Å². The summed E-state index contributed by atoms with van der Waals surface area (Å²) in [6.45, 7) is 2.80. The van der Waals surface area contributed by atoms with Gasteiger partial charge in [-0.1, -0.05) is 19.4 Å². The minimum Gasteiger partial charge on any atom is -0.495 e. The van der Waals surface area contributed by atoms with Crippen LogP contribution >= 0.6 is 0 Å². The molecule has 1 atom stereocenters. The van der Waals surface area contributed by atoms with Crippen molar-refractivity contribution < 1.29 is 9.53 Å². The van der Waals surface area contributed by atoms with Gasteiger partial charge in [-0.05, 0) is 38.2 Å². The fraction of sp³-hybridized carbons (Fsp3) is 0.533. The van der Waals surface area contributed by atoms with Gasteiger partial charge in [0.1, 0.15) is 5.75 Å². The highest BCUT2D eigenvalue weighted by Crippen LogP contribution is 2.26. The molecule has 1 amide bonds. The topological polar surface area (TPSA) is 67.6 Å². The van der Waals surface area contributed by atoms with E-state index in [1.807, 2.05) is 39.2 Å². The van der Waals surface area contributed by atoms with Gasteiger partial charge in [-0.25, -0.2) is 0 Å². The number of amides is 1. The number of hydrogen-bond acceptors (Lipinski definition) is 4. The Bertz CT molecular complexity index is 447. The molecule has 1 rings (SSSR count). The molecule has 5 nitrogen and oxygen atoms in total. The van der Waals surface area contributed by atoms with Crippen molar-refractivity contribution in [1.29, 1.82) is 0 Å². The quantitative estimate of drug-likeness (QED) is 0.799. The lowest BCUT2D eigenvalue weighted by Gasteiger charge is -2.16. The zero-order chi connectivity index (χ0) is 15.1. The van der Waals surface area contributed by atoms with Gasteiger partial charge in [-0.15, -0.1) is 0 Å². The van der Waals surface area contributed by atoms with Crippen molar-refractivity contribution in [3.05, 3.63) is 23.8 Å². The van der Waals surface area contributed by atoms with E-state index in [1.54, 1.807) is 7.11 Å². The van der Waals surface area contributed by atoms with Gasteiger partial charge < -0.3 is 20.7 Å². The maximum atomic E-state index is 12.0. The molecule has 1 aromatic rings. The SMILES string of the molecule is CCC[C@H](N)C(=O)Nc1cc(CN(C)C)ccc1OC. The summed E-state index contributed by atoms with van der Waals surface area (Å²) >= 11 is 0. The standard InChI is InChI=1S/C15H25N3O2/c1-5-6-12(16)15(19)17-13-9-11(10-18(2)3)7-8-14(13)20-4/h7-9,12H,5-6,10,16H2,1-4H3,(H,17,19)/t12-/m0/s1. The smallest absolute Gasteiger partial charge is 0.241 e. The van der Waals surface area contributed by atoms with Crippen LogP contribution < -0.4 is 15.8 Å². The minimum absolute atomic E-state index is 0.174. The number of benzene rings is 1. The maximum Gasteiger partial charge on any atom is 0.241 e. The first-order chi connectivity index (χ1) is 9.47. The molecule has 0 aliphatic heterocycles. The van der Waals surface area contributed by atoms with Crippen LogP contribution in [0.1, 0.15) is 25.3 Å². The summed E-state index contributed by atoms with van der Waals surface area (Å²) in [6, 6.07) is 5.29. The van der Waals surface area contributed by atoms with E-state index in [2.05, 4.69) is 10.2 Å². The molecule has 0 fully saturated rings. The molecule has 1 aromatic carbocycles. The molecule has 0 saturated carbocycles. The number of carbonyl (C=O) groups is 1. The van der Waals surface area contributed by atoms with Crippen LogP contribution in [0.2, 0.25) is 0 Å². The normalized spacial score (nSPS) is 12.3. The van der Waals surface area contributed by atoms with Crippen molar-refractivity contribution in [2.45, 2.75) is 32.4 Å². The van der Waals surface area contributed by atoms with Gasteiger partial charge in [0, 0.05) is 6.54 Å². The summed E-state index contributed by atoms with van der Waals surface area (Å²) in [5.74, 6) is 0.469. The first-order valence-electron chi connectivity index (χ1n) is 6.86. The van der Waals surface area contributed by atoms with Crippen LogP contribution in [-0.4, -0.2) is 38.1 Å². The number of methoxy groups -OCH3 is 1. The molecule has 0 spiro atoms. The molecule has 0 unspecified atom stereocenters. The van der Waals surface area contributed by atoms with Crippen LogP contribution in [0.3, 0.4) is 0 Å². The van der Waals surface area contributed by atoms with Crippen LogP contribution in [0.4, 0.5) is 5.69 Å². The first kappa shape index (κ1) is 16.5. The number of hydrogen-bond donors (Lipinski definition) is 2. The molecule has 0 heterocycles. The van der Waals surface area contributed by atoms with E-state index in [1.165, 1.54) is 0 Å². The average Bonchev–Trinajstić information content (AvgIpc) is 2.38. The number of nitrogens with zero attached hydrogens (tertiary/aromatic N) is 1. The number of nitrogens with two attached hydrogens (primary N) is 1. The lowest BCUT2D eigenvalue weighted by molar-refractivity contribution is -0.117. The van der Waals surface area contributed by atoms with E-state index in [-0.39, 0.29) is 5.91 Å². The van der Waals surface area contributed by atoms with Crippen LogP contribution in [0, 0.1) is 0 Å². The second-order valence-corrected chi connectivity index (χ2v) is 5.16. The van der Waals surface area contributed by atoms with Crippen molar-refractivity contribution in [3.8, 4) is 5.75 Å². The first-order valence-corrected chi connectivity index (χ1v) is 6.86. The predicted molar refractivity (Wildman–Crippen MR) is 81.9 cm³/mol. The van der Waals surface area contributed by atoms with E-state index < -0.39 is 6.04 Å². The molecular weight excluding hydrogens is 254 g/mol. The molecule has 0 bridgehead atoms. The van der Waals surface area contributed by atoms with Gasteiger partial charge in [0.05, 0.1) is 18.8 Å². The van der Waals surface area contributed by atoms with E-state index in [0.717, 1.165) is 18.5 Å². The fourth-order valence-corrected chi connectivity index (χ4v) is 1.98. The third-order valence-corrected chi connectivity index (χ3v) is 2.96. The van der Waals surface area contributed by atoms with Gasteiger partial charge in [-0.3, -0.25) is 4.79 Å². The predicted octanol–water partition coefficient (Wildman–Crippen LogP) is 1.82. The molecule has 5 heteroatoms. The number of nitrogens with one attached hydrogen (secondary N) is 1. The van der Waals surface area contributed by atoms with E-state index in [0.29, 0.717) is 17.9 Å².